The number of hydrogen-bond donors (Lipinski definition) is 1. The lowest BCUT2D eigenvalue weighted by Gasteiger charge is -2.04. The highest BCUT2D eigenvalue weighted by Gasteiger charge is 2.05. The Kier molecular flexibility index (Phi) is 3.14. The number of benzene rings is 1. The maximum Gasteiger partial charge on any atom is 0.254 e. The number of aryl methyl sites for hydroxylation is 1. The molecule has 13 heavy (non-hydrogen) atoms. The summed E-state index contributed by atoms with van der Waals surface area (Å²) in [4.78, 5) is 12.1. The zero-order valence-electron chi connectivity index (χ0n) is 7.41. The maximum atomic E-state index is 10.7. The van der Waals surface area contributed by atoms with E-state index in [0.717, 1.165) is 10.5 Å². The number of carbonyl (C=O) groups excluding carboxylic acids is 1. The molecule has 0 radical (unpaired) electrons. The Bertz CT molecular complexity index is 347. The van der Waals surface area contributed by atoms with Crippen molar-refractivity contribution >= 4 is 17.7 Å². The van der Waals surface area contributed by atoms with Crippen molar-refractivity contribution in [2.75, 3.05) is 0 Å². The average molecular weight is 193 g/mol. The van der Waals surface area contributed by atoms with Crippen LogP contribution in [-0.4, -0.2) is 5.91 Å². The summed E-state index contributed by atoms with van der Waals surface area (Å²) in [5, 5.41) is 0. The first-order valence-electron chi connectivity index (χ1n) is 3.83. The molecule has 1 aromatic rings. The first kappa shape index (κ1) is 9.86. The van der Waals surface area contributed by atoms with Crippen LogP contribution < -0.4 is 5.73 Å². The average Bonchev–Trinajstić information content (AvgIpc) is 2.08. The van der Waals surface area contributed by atoms with E-state index < -0.39 is 5.91 Å². The van der Waals surface area contributed by atoms with Crippen LogP contribution in [0, 0.1) is 6.92 Å². The molecule has 0 fully saturated rings. The third kappa shape index (κ3) is 2.63. The third-order valence-corrected chi connectivity index (χ3v) is 2.73. The molecule has 0 heterocycles. The van der Waals surface area contributed by atoms with E-state index in [2.05, 4.69) is 6.58 Å². The van der Waals surface area contributed by atoms with E-state index in [1.165, 1.54) is 11.8 Å². The Hall–Kier alpha value is -1.22. The number of hydrogen-bond acceptors (Lipinski definition) is 2. The molecule has 0 aromatic heterocycles. The highest BCUT2D eigenvalue weighted by atomic mass is 32.2. The van der Waals surface area contributed by atoms with Gasteiger partial charge in [-0.1, -0.05) is 36.5 Å². The molecule has 0 bridgehead atoms. The van der Waals surface area contributed by atoms with Gasteiger partial charge in [0, 0.05) is 4.90 Å². The van der Waals surface area contributed by atoms with Gasteiger partial charge < -0.3 is 5.73 Å². The fourth-order valence-corrected chi connectivity index (χ4v) is 1.60. The van der Waals surface area contributed by atoms with Gasteiger partial charge in [0.25, 0.3) is 5.91 Å². The quantitative estimate of drug-likeness (QED) is 0.590. The summed E-state index contributed by atoms with van der Waals surface area (Å²) in [5.74, 6) is -0.465. The number of primary amides is 1. The topological polar surface area (TPSA) is 43.1 Å². The summed E-state index contributed by atoms with van der Waals surface area (Å²) in [7, 11) is 0. The minimum atomic E-state index is -0.465. The van der Waals surface area contributed by atoms with E-state index in [-0.39, 0.29) is 0 Å². The van der Waals surface area contributed by atoms with Gasteiger partial charge in [-0.25, -0.2) is 0 Å². The summed E-state index contributed by atoms with van der Waals surface area (Å²) < 4.78 is 0. The third-order valence-electron chi connectivity index (χ3n) is 1.60. The van der Waals surface area contributed by atoms with Gasteiger partial charge in [-0.05, 0) is 18.6 Å². The van der Waals surface area contributed by atoms with Crippen molar-refractivity contribution in [3.05, 3.63) is 41.3 Å². The van der Waals surface area contributed by atoms with Crippen molar-refractivity contribution in [2.45, 2.75) is 11.8 Å². The fourth-order valence-electron chi connectivity index (χ4n) is 0.854. The molecule has 3 heteroatoms. The molecule has 1 rings (SSSR count). The van der Waals surface area contributed by atoms with Crippen LogP contribution in [0.3, 0.4) is 0 Å². The molecule has 0 aliphatic carbocycles. The second-order valence-electron chi connectivity index (χ2n) is 2.65. The van der Waals surface area contributed by atoms with Crippen LogP contribution in [0.2, 0.25) is 0 Å². The van der Waals surface area contributed by atoms with Crippen LogP contribution in [-0.2, 0) is 4.79 Å². The van der Waals surface area contributed by atoms with Crippen molar-refractivity contribution in [3.8, 4) is 0 Å². The molecule has 0 aliphatic rings. The highest BCUT2D eigenvalue weighted by Crippen LogP contribution is 2.27. The number of nitrogens with two attached hydrogens (primary N) is 1. The molecule has 2 N–H and O–H groups in total. The molecule has 0 unspecified atom stereocenters. The molecular weight excluding hydrogens is 182 g/mol. The van der Waals surface area contributed by atoms with E-state index in [4.69, 9.17) is 5.73 Å². The second-order valence-corrected chi connectivity index (χ2v) is 3.79. The minimum Gasteiger partial charge on any atom is -0.365 e. The zero-order chi connectivity index (χ0) is 9.84. The van der Waals surface area contributed by atoms with E-state index in [1.54, 1.807) is 0 Å². The van der Waals surface area contributed by atoms with E-state index >= 15 is 0 Å². The summed E-state index contributed by atoms with van der Waals surface area (Å²) in [6.07, 6.45) is 0. The number of carbonyl (C=O) groups is 1. The highest BCUT2D eigenvalue weighted by molar-refractivity contribution is 8.04. The predicted molar refractivity (Wildman–Crippen MR) is 55.4 cm³/mol. The Morgan fingerprint density at radius 1 is 1.46 bits per heavy atom. The molecule has 1 aromatic carbocycles. The van der Waals surface area contributed by atoms with Crippen LogP contribution in [0.15, 0.2) is 40.6 Å². The van der Waals surface area contributed by atoms with Crippen LogP contribution in [0.4, 0.5) is 0 Å². The van der Waals surface area contributed by atoms with E-state index in [0.29, 0.717) is 4.91 Å². The predicted octanol–water partition coefficient (Wildman–Crippen LogP) is 2.09. The summed E-state index contributed by atoms with van der Waals surface area (Å²) in [6, 6.07) is 7.79. The number of amides is 1. The standard InChI is InChI=1S/C10H11NOS/c1-7-5-3-4-6-9(7)13-8(2)10(11)12/h3-6H,2H2,1H3,(H2,11,12). The summed E-state index contributed by atoms with van der Waals surface area (Å²) in [6.45, 7) is 5.56. The Morgan fingerprint density at radius 2 is 2.08 bits per heavy atom. The van der Waals surface area contributed by atoms with Gasteiger partial charge >= 0.3 is 0 Å². The fraction of sp³-hybridized carbons (Fsp3) is 0.100. The largest absolute Gasteiger partial charge is 0.365 e. The van der Waals surface area contributed by atoms with Crippen molar-refractivity contribution in [2.24, 2.45) is 5.73 Å². The smallest absolute Gasteiger partial charge is 0.254 e. The molecule has 2 nitrogen and oxygen atoms in total. The molecule has 0 spiro atoms. The van der Waals surface area contributed by atoms with Crippen molar-refractivity contribution in [1.29, 1.82) is 0 Å². The van der Waals surface area contributed by atoms with Crippen molar-refractivity contribution in [3.63, 3.8) is 0 Å². The van der Waals surface area contributed by atoms with Crippen LogP contribution in [0.25, 0.3) is 0 Å². The molecule has 0 saturated carbocycles. The van der Waals surface area contributed by atoms with Gasteiger partial charge in [0.05, 0.1) is 4.91 Å². The van der Waals surface area contributed by atoms with Crippen LogP contribution >= 0.6 is 11.8 Å². The SMILES string of the molecule is C=C(Sc1ccccc1C)C(N)=O. The van der Waals surface area contributed by atoms with Crippen LogP contribution in [0.5, 0.6) is 0 Å². The first-order valence-corrected chi connectivity index (χ1v) is 4.65. The molecule has 0 aliphatic heterocycles. The van der Waals surface area contributed by atoms with Crippen LogP contribution in [0.1, 0.15) is 5.56 Å². The lowest BCUT2D eigenvalue weighted by Crippen LogP contribution is -2.10. The molecule has 0 atom stereocenters. The Labute approximate surface area is 81.8 Å². The lowest BCUT2D eigenvalue weighted by atomic mass is 10.2. The maximum absolute atomic E-state index is 10.7. The van der Waals surface area contributed by atoms with Crippen molar-refractivity contribution in [1.82, 2.24) is 0 Å². The minimum absolute atomic E-state index is 0.370. The Morgan fingerprint density at radius 3 is 2.62 bits per heavy atom. The molecular formula is C10H11NOS. The molecule has 68 valence electrons. The lowest BCUT2D eigenvalue weighted by molar-refractivity contribution is -0.113. The Balaban J connectivity index is 2.81. The monoisotopic (exact) mass is 193 g/mol. The van der Waals surface area contributed by atoms with Gasteiger partial charge in [0.15, 0.2) is 0 Å². The normalized spacial score (nSPS) is 9.62. The van der Waals surface area contributed by atoms with E-state index in [9.17, 15) is 4.79 Å². The number of thioether (sulfide) groups is 1. The van der Waals surface area contributed by atoms with Gasteiger partial charge in [-0.15, -0.1) is 0 Å². The number of rotatable bonds is 3. The van der Waals surface area contributed by atoms with Gasteiger partial charge in [-0.3, -0.25) is 4.79 Å². The molecule has 1 amide bonds. The summed E-state index contributed by atoms with van der Waals surface area (Å²) >= 11 is 1.31. The van der Waals surface area contributed by atoms with Gasteiger partial charge in [0.1, 0.15) is 0 Å². The van der Waals surface area contributed by atoms with E-state index in [1.807, 2.05) is 31.2 Å². The van der Waals surface area contributed by atoms with Gasteiger partial charge in [0.2, 0.25) is 0 Å². The van der Waals surface area contributed by atoms with Crippen molar-refractivity contribution < 1.29 is 4.79 Å². The first-order chi connectivity index (χ1) is 6.11. The molecule has 0 saturated heterocycles. The zero-order valence-corrected chi connectivity index (χ0v) is 8.23. The summed E-state index contributed by atoms with van der Waals surface area (Å²) in [5.41, 5.74) is 6.19. The second kappa shape index (κ2) is 4.14. The van der Waals surface area contributed by atoms with Gasteiger partial charge in [-0.2, -0.15) is 0 Å².